The summed E-state index contributed by atoms with van der Waals surface area (Å²) >= 11 is 0. The number of carbonyl (C=O) groups excluding carboxylic acids is 2. The fourth-order valence-electron chi connectivity index (χ4n) is 1.78. The van der Waals surface area contributed by atoms with Crippen molar-refractivity contribution in [2.75, 3.05) is 13.1 Å². The monoisotopic (exact) mass is 328 g/mol. The highest BCUT2D eigenvalue weighted by atomic mass is 32.2. The molecule has 0 bridgehead atoms. The van der Waals surface area contributed by atoms with Gasteiger partial charge in [-0.05, 0) is 25.1 Å². The molecular formula is C14H20N2O5S. The molecule has 0 fully saturated rings. The van der Waals surface area contributed by atoms with Gasteiger partial charge in [-0.15, -0.1) is 0 Å². The van der Waals surface area contributed by atoms with E-state index in [1.54, 1.807) is 13.8 Å². The van der Waals surface area contributed by atoms with Gasteiger partial charge < -0.3 is 10.5 Å². The minimum Gasteiger partial charge on any atom is -0.449 e. The molecule has 22 heavy (non-hydrogen) atoms. The largest absolute Gasteiger partial charge is 0.449 e. The van der Waals surface area contributed by atoms with Crippen LogP contribution in [0.4, 0.5) is 0 Å². The molecule has 0 aliphatic heterocycles. The summed E-state index contributed by atoms with van der Waals surface area (Å²) in [5.41, 5.74) is 5.06. The minimum absolute atomic E-state index is 0.00243. The lowest BCUT2D eigenvalue weighted by atomic mass is 10.2. The zero-order valence-corrected chi connectivity index (χ0v) is 13.6. The summed E-state index contributed by atoms with van der Waals surface area (Å²) in [6, 6.07) is 5.49. The third kappa shape index (κ3) is 4.05. The molecule has 1 rings (SSSR count). The van der Waals surface area contributed by atoms with Crippen LogP contribution in [0, 0.1) is 0 Å². The van der Waals surface area contributed by atoms with E-state index < -0.39 is 28.0 Å². The molecule has 1 unspecified atom stereocenters. The average molecular weight is 328 g/mol. The SMILES string of the molecule is CCN(CC)S(=O)(=O)c1cccc(C(=O)OC(C)C(N)=O)c1. The van der Waals surface area contributed by atoms with E-state index in [0.29, 0.717) is 13.1 Å². The molecule has 0 aliphatic rings. The number of ether oxygens (including phenoxy) is 1. The van der Waals surface area contributed by atoms with Crippen molar-refractivity contribution in [3.8, 4) is 0 Å². The normalized spacial score (nSPS) is 12.9. The van der Waals surface area contributed by atoms with Crippen molar-refractivity contribution >= 4 is 21.9 Å². The van der Waals surface area contributed by atoms with Gasteiger partial charge in [-0.2, -0.15) is 4.31 Å². The molecule has 0 spiro atoms. The van der Waals surface area contributed by atoms with Crippen molar-refractivity contribution < 1.29 is 22.7 Å². The second-order valence-corrected chi connectivity index (χ2v) is 6.51. The Balaban J connectivity index is 3.09. The summed E-state index contributed by atoms with van der Waals surface area (Å²) in [6.45, 7) is 5.45. The summed E-state index contributed by atoms with van der Waals surface area (Å²) in [6.07, 6.45) is -1.09. The Hall–Kier alpha value is -1.93. The van der Waals surface area contributed by atoms with E-state index in [0.717, 1.165) is 0 Å². The maximum Gasteiger partial charge on any atom is 0.338 e. The van der Waals surface area contributed by atoms with Crippen molar-refractivity contribution in [3.63, 3.8) is 0 Å². The number of hydrogen-bond donors (Lipinski definition) is 1. The molecule has 0 aliphatic carbocycles. The van der Waals surface area contributed by atoms with Crippen molar-refractivity contribution in [2.24, 2.45) is 5.73 Å². The number of nitrogens with two attached hydrogens (primary N) is 1. The first-order chi connectivity index (χ1) is 10.2. The number of nitrogens with zero attached hydrogens (tertiary/aromatic N) is 1. The van der Waals surface area contributed by atoms with Gasteiger partial charge in [0.1, 0.15) is 0 Å². The molecule has 1 atom stereocenters. The van der Waals surface area contributed by atoms with Gasteiger partial charge in [0, 0.05) is 13.1 Å². The lowest BCUT2D eigenvalue weighted by molar-refractivity contribution is -0.125. The number of sulfonamides is 1. The van der Waals surface area contributed by atoms with Gasteiger partial charge >= 0.3 is 5.97 Å². The predicted molar refractivity (Wildman–Crippen MR) is 80.6 cm³/mol. The Labute approximate surface area is 130 Å². The molecule has 0 saturated carbocycles. The van der Waals surface area contributed by atoms with Crippen LogP contribution in [0.25, 0.3) is 0 Å². The van der Waals surface area contributed by atoms with Crippen LogP contribution in [0.1, 0.15) is 31.1 Å². The molecule has 2 N–H and O–H groups in total. The van der Waals surface area contributed by atoms with Gasteiger partial charge in [0.25, 0.3) is 5.91 Å². The van der Waals surface area contributed by atoms with Crippen LogP contribution in [0.3, 0.4) is 0 Å². The van der Waals surface area contributed by atoms with Crippen LogP contribution in [0.2, 0.25) is 0 Å². The smallest absolute Gasteiger partial charge is 0.338 e. The Kier molecular flexibility index (Phi) is 6.07. The highest BCUT2D eigenvalue weighted by Gasteiger charge is 2.23. The predicted octanol–water partition coefficient (Wildman–Crippen LogP) is 0.748. The van der Waals surface area contributed by atoms with E-state index in [-0.39, 0.29) is 10.5 Å². The van der Waals surface area contributed by atoms with E-state index in [2.05, 4.69) is 0 Å². The van der Waals surface area contributed by atoms with Crippen LogP contribution in [0.5, 0.6) is 0 Å². The molecular weight excluding hydrogens is 308 g/mol. The summed E-state index contributed by atoms with van der Waals surface area (Å²) < 4.78 is 30.9. The summed E-state index contributed by atoms with van der Waals surface area (Å²) in [4.78, 5) is 22.8. The van der Waals surface area contributed by atoms with E-state index in [9.17, 15) is 18.0 Å². The molecule has 7 nitrogen and oxygen atoms in total. The minimum atomic E-state index is -3.67. The number of esters is 1. The average Bonchev–Trinajstić information content (AvgIpc) is 2.48. The summed E-state index contributed by atoms with van der Waals surface area (Å²) in [5.74, 6) is -1.58. The number of primary amides is 1. The fraction of sp³-hybridized carbons (Fsp3) is 0.429. The number of hydrogen-bond acceptors (Lipinski definition) is 5. The van der Waals surface area contributed by atoms with Crippen molar-refractivity contribution in [1.82, 2.24) is 4.31 Å². The van der Waals surface area contributed by atoms with Gasteiger partial charge in [0.2, 0.25) is 10.0 Å². The molecule has 0 aromatic heterocycles. The number of rotatable bonds is 7. The first kappa shape index (κ1) is 18.1. The number of benzene rings is 1. The Morgan fingerprint density at radius 1 is 1.27 bits per heavy atom. The lowest BCUT2D eigenvalue weighted by Gasteiger charge is -2.18. The lowest BCUT2D eigenvalue weighted by Crippen LogP contribution is -2.31. The van der Waals surface area contributed by atoms with Crippen LogP contribution in [0.15, 0.2) is 29.2 Å². The molecule has 0 radical (unpaired) electrons. The zero-order chi connectivity index (χ0) is 16.9. The Morgan fingerprint density at radius 3 is 2.36 bits per heavy atom. The quantitative estimate of drug-likeness (QED) is 0.743. The van der Waals surface area contributed by atoms with Gasteiger partial charge in [-0.3, -0.25) is 4.79 Å². The summed E-state index contributed by atoms with van der Waals surface area (Å²) in [7, 11) is -3.67. The standard InChI is InChI=1S/C14H20N2O5S/c1-4-16(5-2)22(19,20)12-8-6-7-11(9-12)14(18)21-10(3)13(15)17/h6-10H,4-5H2,1-3H3,(H2,15,17). The molecule has 122 valence electrons. The van der Waals surface area contributed by atoms with Crippen LogP contribution in [-0.2, 0) is 19.6 Å². The molecule has 1 aromatic carbocycles. The number of amides is 1. The molecule has 8 heteroatoms. The van der Waals surface area contributed by atoms with Crippen LogP contribution < -0.4 is 5.73 Å². The van der Waals surface area contributed by atoms with Crippen LogP contribution >= 0.6 is 0 Å². The van der Waals surface area contributed by atoms with E-state index >= 15 is 0 Å². The highest BCUT2D eigenvalue weighted by Crippen LogP contribution is 2.17. The third-order valence-corrected chi connectivity index (χ3v) is 5.14. The van der Waals surface area contributed by atoms with Gasteiger partial charge in [-0.1, -0.05) is 19.9 Å². The van der Waals surface area contributed by atoms with Crippen molar-refractivity contribution in [1.29, 1.82) is 0 Å². The van der Waals surface area contributed by atoms with Gasteiger partial charge in [-0.25, -0.2) is 13.2 Å². The number of carbonyl (C=O) groups is 2. The van der Waals surface area contributed by atoms with Gasteiger partial charge in [0.15, 0.2) is 6.10 Å². The zero-order valence-electron chi connectivity index (χ0n) is 12.8. The Bertz CT molecular complexity index is 653. The maximum atomic E-state index is 12.4. The fourth-order valence-corrected chi connectivity index (χ4v) is 3.29. The molecule has 0 heterocycles. The van der Waals surface area contributed by atoms with Crippen LogP contribution in [-0.4, -0.2) is 43.8 Å². The topological polar surface area (TPSA) is 107 Å². The molecule has 1 amide bonds. The van der Waals surface area contributed by atoms with Crippen molar-refractivity contribution in [3.05, 3.63) is 29.8 Å². The second-order valence-electron chi connectivity index (χ2n) is 4.57. The van der Waals surface area contributed by atoms with Crippen molar-refractivity contribution in [2.45, 2.75) is 31.8 Å². The maximum absolute atomic E-state index is 12.4. The summed E-state index contributed by atoms with van der Waals surface area (Å²) in [5, 5.41) is 0. The first-order valence-corrected chi connectivity index (χ1v) is 8.28. The Morgan fingerprint density at radius 2 is 1.86 bits per heavy atom. The van der Waals surface area contributed by atoms with E-state index in [4.69, 9.17) is 10.5 Å². The molecule has 0 saturated heterocycles. The van der Waals surface area contributed by atoms with Gasteiger partial charge in [0.05, 0.1) is 10.5 Å². The third-order valence-electron chi connectivity index (χ3n) is 3.10. The molecule has 1 aromatic rings. The second kappa shape index (κ2) is 7.37. The van der Waals surface area contributed by atoms with E-state index in [1.165, 1.54) is 35.5 Å². The first-order valence-electron chi connectivity index (χ1n) is 6.84. The van der Waals surface area contributed by atoms with E-state index in [1.807, 2.05) is 0 Å². The highest BCUT2D eigenvalue weighted by molar-refractivity contribution is 7.89.